The molecule has 0 amide bonds. The Labute approximate surface area is 154 Å². The van der Waals surface area contributed by atoms with Crippen molar-refractivity contribution in [2.24, 2.45) is 5.92 Å². The molecule has 3 heteroatoms. The molecule has 2 aromatic carbocycles. The third kappa shape index (κ3) is 4.69. The molecule has 0 aliphatic heterocycles. The smallest absolute Gasteiger partial charge is 0.129 e. The lowest BCUT2D eigenvalue weighted by Gasteiger charge is -2.24. The first kappa shape index (κ1) is 19.0. The third-order valence-corrected chi connectivity index (χ3v) is 5.57. The number of halogens is 3. The van der Waals surface area contributed by atoms with Gasteiger partial charge >= 0.3 is 0 Å². The number of benzene rings is 2. The highest BCUT2D eigenvalue weighted by molar-refractivity contribution is 5.31. The van der Waals surface area contributed by atoms with Gasteiger partial charge in [0.1, 0.15) is 17.5 Å². The van der Waals surface area contributed by atoms with Crippen LogP contribution in [0.25, 0.3) is 0 Å². The summed E-state index contributed by atoms with van der Waals surface area (Å²) < 4.78 is 42.0. The van der Waals surface area contributed by atoms with Gasteiger partial charge in [0.05, 0.1) is 0 Å². The Bertz CT molecular complexity index is 728. The number of aryl methyl sites for hydroxylation is 2. The number of fused-ring (bicyclic) bond motifs is 1. The van der Waals surface area contributed by atoms with E-state index in [1.54, 1.807) is 6.07 Å². The normalized spacial score (nSPS) is 16.5. The minimum Gasteiger partial charge on any atom is -0.207 e. The Morgan fingerprint density at radius 3 is 2.42 bits per heavy atom. The molecule has 0 heterocycles. The maximum Gasteiger partial charge on any atom is 0.129 e. The van der Waals surface area contributed by atoms with Crippen molar-refractivity contribution in [2.45, 2.75) is 64.7 Å². The van der Waals surface area contributed by atoms with E-state index in [0.717, 1.165) is 62.5 Å². The van der Waals surface area contributed by atoms with Crippen LogP contribution in [0.1, 0.15) is 61.3 Å². The summed E-state index contributed by atoms with van der Waals surface area (Å²) >= 11 is 0. The highest BCUT2D eigenvalue weighted by Gasteiger charge is 2.20. The SMILES string of the molecule is CCCCCc1cc(F)c(CCC2CCc3cc(F)ccc3C2)c(F)c1. The van der Waals surface area contributed by atoms with Crippen LogP contribution in [0, 0.1) is 23.4 Å². The summed E-state index contributed by atoms with van der Waals surface area (Å²) in [4.78, 5) is 0. The van der Waals surface area contributed by atoms with Crippen molar-refractivity contribution in [1.82, 2.24) is 0 Å². The fraction of sp³-hybridized carbons (Fsp3) is 0.478. The fourth-order valence-electron chi connectivity index (χ4n) is 4.01. The largest absolute Gasteiger partial charge is 0.207 e. The molecule has 140 valence electrons. The first-order valence-corrected chi connectivity index (χ1v) is 9.81. The Morgan fingerprint density at radius 2 is 1.69 bits per heavy atom. The van der Waals surface area contributed by atoms with Gasteiger partial charge in [-0.1, -0.05) is 25.8 Å². The third-order valence-electron chi connectivity index (χ3n) is 5.57. The van der Waals surface area contributed by atoms with E-state index in [2.05, 4.69) is 6.92 Å². The number of unbranched alkanes of at least 4 members (excludes halogenated alkanes) is 2. The lowest BCUT2D eigenvalue weighted by molar-refractivity contribution is 0.417. The molecular formula is C23H27F3. The molecule has 0 saturated heterocycles. The zero-order chi connectivity index (χ0) is 18.5. The monoisotopic (exact) mass is 360 g/mol. The fourth-order valence-corrected chi connectivity index (χ4v) is 4.01. The van der Waals surface area contributed by atoms with Gasteiger partial charge in [-0.2, -0.15) is 0 Å². The summed E-state index contributed by atoms with van der Waals surface area (Å²) in [5.74, 6) is -0.606. The molecule has 0 saturated carbocycles. The summed E-state index contributed by atoms with van der Waals surface area (Å²) in [5, 5.41) is 0. The molecule has 0 N–H and O–H groups in total. The lowest BCUT2D eigenvalue weighted by Crippen LogP contribution is -2.15. The molecule has 0 fully saturated rings. The summed E-state index contributed by atoms with van der Waals surface area (Å²) in [6.45, 7) is 2.12. The molecule has 1 aliphatic rings. The van der Waals surface area contributed by atoms with Crippen molar-refractivity contribution in [3.63, 3.8) is 0 Å². The van der Waals surface area contributed by atoms with Crippen molar-refractivity contribution < 1.29 is 13.2 Å². The molecule has 0 aromatic heterocycles. The van der Waals surface area contributed by atoms with Gasteiger partial charge in [-0.15, -0.1) is 0 Å². The van der Waals surface area contributed by atoms with Crippen molar-refractivity contribution in [3.05, 3.63) is 70.0 Å². The van der Waals surface area contributed by atoms with Gasteiger partial charge in [-0.05, 0) is 91.8 Å². The Hall–Kier alpha value is -1.77. The van der Waals surface area contributed by atoms with E-state index >= 15 is 0 Å². The van der Waals surface area contributed by atoms with Crippen molar-refractivity contribution in [1.29, 1.82) is 0 Å². The quantitative estimate of drug-likeness (QED) is 0.490. The average molecular weight is 360 g/mol. The molecule has 1 unspecified atom stereocenters. The van der Waals surface area contributed by atoms with E-state index in [4.69, 9.17) is 0 Å². The van der Waals surface area contributed by atoms with Gasteiger partial charge in [0.15, 0.2) is 0 Å². The van der Waals surface area contributed by atoms with E-state index in [0.29, 0.717) is 12.3 Å². The molecule has 2 aromatic rings. The first-order valence-electron chi connectivity index (χ1n) is 9.81. The summed E-state index contributed by atoms with van der Waals surface area (Å²) in [5.41, 5.74) is 3.23. The molecular weight excluding hydrogens is 333 g/mol. The van der Waals surface area contributed by atoms with Crippen molar-refractivity contribution in [2.75, 3.05) is 0 Å². The Morgan fingerprint density at radius 1 is 0.923 bits per heavy atom. The molecule has 0 bridgehead atoms. The van der Waals surface area contributed by atoms with Crippen LogP contribution in [0.5, 0.6) is 0 Å². The van der Waals surface area contributed by atoms with E-state index in [9.17, 15) is 13.2 Å². The van der Waals surface area contributed by atoms with Crippen LogP contribution >= 0.6 is 0 Å². The second-order valence-corrected chi connectivity index (χ2v) is 7.56. The topological polar surface area (TPSA) is 0 Å². The molecule has 3 rings (SSSR count). The average Bonchev–Trinajstić information content (AvgIpc) is 2.61. The van der Waals surface area contributed by atoms with Crippen LogP contribution < -0.4 is 0 Å². The summed E-state index contributed by atoms with van der Waals surface area (Å²) in [6, 6.07) is 7.98. The van der Waals surface area contributed by atoms with Crippen molar-refractivity contribution in [3.8, 4) is 0 Å². The standard InChI is InChI=1S/C23H27F3/c1-2-3-4-5-17-13-22(25)21(23(26)14-17)11-7-16-6-8-19-15-20(24)10-9-18(19)12-16/h9-10,13-16H,2-8,11-12H2,1H3. The first-order chi connectivity index (χ1) is 12.6. The Kier molecular flexibility index (Phi) is 6.39. The van der Waals surface area contributed by atoms with Crippen LogP contribution in [0.2, 0.25) is 0 Å². The maximum absolute atomic E-state index is 14.4. The van der Waals surface area contributed by atoms with Gasteiger partial charge < -0.3 is 0 Å². The van der Waals surface area contributed by atoms with Gasteiger partial charge in [0, 0.05) is 5.56 Å². The van der Waals surface area contributed by atoms with Gasteiger partial charge in [-0.25, -0.2) is 13.2 Å². The van der Waals surface area contributed by atoms with Crippen LogP contribution in [0.15, 0.2) is 30.3 Å². The van der Waals surface area contributed by atoms with E-state index < -0.39 is 11.6 Å². The van der Waals surface area contributed by atoms with E-state index in [-0.39, 0.29) is 11.4 Å². The second kappa shape index (κ2) is 8.75. The van der Waals surface area contributed by atoms with Crippen LogP contribution in [-0.2, 0) is 25.7 Å². The van der Waals surface area contributed by atoms with Gasteiger partial charge in [0.25, 0.3) is 0 Å². The summed E-state index contributed by atoms with van der Waals surface area (Å²) in [6.07, 6.45) is 7.74. The van der Waals surface area contributed by atoms with Gasteiger partial charge in [0.2, 0.25) is 0 Å². The van der Waals surface area contributed by atoms with Gasteiger partial charge in [-0.3, -0.25) is 0 Å². The minimum absolute atomic E-state index is 0.189. The number of hydrogen-bond donors (Lipinski definition) is 0. The van der Waals surface area contributed by atoms with Crippen LogP contribution in [0.4, 0.5) is 13.2 Å². The molecule has 0 radical (unpaired) electrons. The summed E-state index contributed by atoms with van der Waals surface area (Å²) in [7, 11) is 0. The van der Waals surface area contributed by atoms with Crippen molar-refractivity contribution >= 4 is 0 Å². The second-order valence-electron chi connectivity index (χ2n) is 7.56. The van der Waals surface area contributed by atoms with Crippen LogP contribution in [-0.4, -0.2) is 0 Å². The predicted octanol–water partition coefficient (Wildman–Crippen LogP) is 6.57. The molecule has 1 atom stereocenters. The zero-order valence-electron chi connectivity index (χ0n) is 15.5. The zero-order valence-corrected chi connectivity index (χ0v) is 15.5. The maximum atomic E-state index is 14.4. The Balaban J connectivity index is 1.60. The molecule has 0 nitrogen and oxygen atoms in total. The molecule has 26 heavy (non-hydrogen) atoms. The molecule has 1 aliphatic carbocycles. The van der Waals surface area contributed by atoms with E-state index in [1.807, 2.05) is 6.07 Å². The lowest BCUT2D eigenvalue weighted by atomic mass is 9.81. The van der Waals surface area contributed by atoms with Crippen LogP contribution in [0.3, 0.4) is 0 Å². The highest BCUT2D eigenvalue weighted by atomic mass is 19.1. The predicted molar refractivity (Wildman–Crippen MR) is 99.8 cm³/mol. The number of rotatable bonds is 7. The molecule has 0 spiro atoms. The van der Waals surface area contributed by atoms with E-state index in [1.165, 1.54) is 23.8 Å². The number of hydrogen-bond acceptors (Lipinski definition) is 0. The minimum atomic E-state index is -0.408. The highest BCUT2D eigenvalue weighted by Crippen LogP contribution is 2.30.